The molecule has 0 aliphatic carbocycles. The lowest BCUT2D eigenvalue weighted by Gasteiger charge is -2.29. The molecule has 0 aromatic carbocycles. The normalized spacial score (nSPS) is 12.4. The number of amides is 1. The molecular weight excluding hydrogens is 283 g/mol. The summed E-state index contributed by atoms with van der Waals surface area (Å²) < 4.78 is 37.6. The van der Waals surface area contributed by atoms with E-state index < -0.39 is 17.8 Å². The van der Waals surface area contributed by atoms with E-state index in [0.29, 0.717) is 6.42 Å². The molecule has 1 N–H and O–H groups in total. The van der Waals surface area contributed by atoms with Gasteiger partial charge < -0.3 is 10.2 Å². The standard InChI is InChI=1S/C14H16F3N3O/c1-4-8-20(11(5-2)13(21)18-3)12-7-6-10(9-19-12)14(15,16)17/h1,6-7,9,11H,5,8H2,2-3H3,(H,18,21). The fraction of sp³-hybridized carbons (Fsp3) is 0.429. The fourth-order valence-electron chi connectivity index (χ4n) is 1.89. The Labute approximate surface area is 121 Å². The van der Waals surface area contributed by atoms with Crippen molar-refractivity contribution in [2.24, 2.45) is 0 Å². The van der Waals surface area contributed by atoms with Gasteiger partial charge in [0.2, 0.25) is 5.91 Å². The summed E-state index contributed by atoms with van der Waals surface area (Å²) in [5.74, 6) is 2.35. The molecule has 0 aliphatic heterocycles. The molecule has 1 heterocycles. The molecule has 1 atom stereocenters. The van der Waals surface area contributed by atoms with Crippen molar-refractivity contribution in [1.29, 1.82) is 0 Å². The number of hydrogen-bond acceptors (Lipinski definition) is 3. The smallest absolute Gasteiger partial charge is 0.357 e. The third-order valence-corrected chi connectivity index (χ3v) is 2.94. The number of anilines is 1. The predicted molar refractivity (Wildman–Crippen MR) is 73.6 cm³/mol. The van der Waals surface area contributed by atoms with E-state index in [2.05, 4.69) is 16.2 Å². The van der Waals surface area contributed by atoms with Gasteiger partial charge in [-0.05, 0) is 18.6 Å². The van der Waals surface area contributed by atoms with Gasteiger partial charge in [0.1, 0.15) is 11.9 Å². The van der Waals surface area contributed by atoms with Gasteiger partial charge in [0.05, 0.1) is 12.1 Å². The molecule has 0 spiro atoms. The lowest BCUT2D eigenvalue weighted by Crippen LogP contribution is -2.46. The van der Waals surface area contributed by atoms with E-state index in [1.165, 1.54) is 18.0 Å². The second kappa shape index (κ2) is 6.97. The van der Waals surface area contributed by atoms with E-state index in [1.54, 1.807) is 6.92 Å². The van der Waals surface area contributed by atoms with Gasteiger partial charge in [0.25, 0.3) is 0 Å². The van der Waals surface area contributed by atoms with Crippen LogP contribution in [0.15, 0.2) is 18.3 Å². The number of carbonyl (C=O) groups excluding carboxylic acids is 1. The number of carbonyl (C=O) groups is 1. The van der Waals surface area contributed by atoms with Crippen LogP contribution in [0.3, 0.4) is 0 Å². The zero-order valence-corrected chi connectivity index (χ0v) is 11.7. The van der Waals surface area contributed by atoms with Crippen LogP contribution in [0.5, 0.6) is 0 Å². The lowest BCUT2D eigenvalue weighted by atomic mass is 10.1. The van der Waals surface area contributed by atoms with Crippen molar-refractivity contribution in [2.45, 2.75) is 25.6 Å². The molecule has 1 unspecified atom stereocenters. The summed E-state index contributed by atoms with van der Waals surface area (Å²) in [6.07, 6.45) is 2.00. The number of halogens is 3. The molecule has 1 aromatic rings. The summed E-state index contributed by atoms with van der Waals surface area (Å²) in [6.45, 7) is 1.86. The average molecular weight is 299 g/mol. The van der Waals surface area contributed by atoms with Crippen LogP contribution >= 0.6 is 0 Å². The Morgan fingerprint density at radius 3 is 2.57 bits per heavy atom. The molecule has 0 saturated heterocycles. The predicted octanol–water partition coefficient (Wildman–Crippen LogP) is 2.06. The zero-order chi connectivity index (χ0) is 16.0. The van der Waals surface area contributed by atoms with Crippen molar-refractivity contribution < 1.29 is 18.0 Å². The van der Waals surface area contributed by atoms with Gasteiger partial charge in [-0.1, -0.05) is 12.8 Å². The highest BCUT2D eigenvalue weighted by molar-refractivity contribution is 5.84. The number of aromatic nitrogens is 1. The van der Waals surface area contributed by atoms with Crippen molar-refractivity contribution in [2.75, 3.05) is 18.5 Å². The summed E-state index contributed by atoms with van der Waals surface area (Å²) in [5.41, 5.74) is -0.847. The number of nitrogens with one attached hydrogen (secondary N) is 1. The van der Waals surface area contributed by atoms with E-state index in [9.17, 15) is 18.0 Å². The number of pyridine rings is 1. The molecule has 1 aromatic heterocycles. The van der Waals surface area contributed by atoms with E-state index in [4.69, 9.17) is 6.42 Å². The van der Waals surface area contributed by atoms with Crippen LogP contribution in [-0.4, -0.2) is 30.5 Å². The number of likely N-dealkylation sites (N-methyl/N-ethyl adjacent to an activating group) is 1. The average Bonchev–Trinajstić information content (AvgIpc) is 2.46. The van der Waals surface area contributed by atoms with Crippen molar-refractivity contribution >= 4 is 11.7 Å². The first-order chi connectivity index (χ1) is 9.85. The highest BCUT2D eigenvalue weighted by Gasteiger charge is 2.31. The van der Waals surface area contributed by atoms with Crippen molar-refractivity contribution in [1.82, 2.24) is 10.3 Å². The fourth-order valence-corrected chi connectivity index (χ4v) is 1.89. The van der Waals surface area contributed by atoms with Crippen LogP contribution in [0, 0.1) is 12.3 Å². The first-order valence-corrected chi connectivity index (χ1v) is 6.30. The van der Waals surface area contributed by atoms with Crippen LogP contribution in [-0.2, 0) is 11.0 Å². The molecule has 21 heavy (non-hydrogen) atoms. The summed E-state index contributed by atoms with van der Waals surface area (Å²) in [7, 11) is 1.49. The largest absolute Gasteiger partial charge is 0.417 e. The molecule has 0 aliphatic rings. The van der Waals surface area contributed by atoms with E-state index >= 15 is 0 Å². The van der Waals surface area contributed by atoms with Crippen LogP contribution in [0.2, 0.25) is 0 Å². The number of hydrogen-bond donors (Lipinski definition) is 1. The highest BCUT2D eigenvalue weighted by Crippen LogP contribution is 2.29. The molecule has 0 fully saturated rings. The minimum absolute atomic E-state index is 0.0737. The lowest BCUT2D eigenvalue weighted by molar-refractivity contribution is -0.137. The van der Waals surface area contributed by atoms with Gasteiger partial charge in [0, 0.05) is 13.2 Å². The summed E-state index contributed by atoms with van der Waals surface area (Å²) >= 11 is 0. The first kappa shape index (κ1) is 16.8. The molecular formula is C14H16F3N3O. The number of alkyl halides is 3. The second-order valence-corrected chi connectivity index (χ2v) is 4.27. The molecule has 1 amide bonds. The Hall–Kier alpha value is -2.23. The minimum Gasteiger partial charge on any atom is -0.357 e. The number of nitrogens with zero attached hydrogens (tertiary/aromatic N) is 2. The molecule has 0 bridgehead atoms. The second-order valence-electron chi connectivity index (χ2n) is 4.27. The quantitative estimate of drug-likeness (QED) is 0.847. The zero-order valence-electron chi connectivity index (χ0n) is 11.7. The van der Waals surface area contributed by atoms with Crippen molar-refractivity contribution in [3.8, 4) is 12.3 Å². The van der Waals surface area contributed by atoms with Crippen molar-refractivity contribution in [3.05, 3.63) is 23.9 Å². The maximum Gasteiger partial charge on any atom is 0.417 e. The monoisotopic (exact) mass is 299 g/mol. The van der Waals surface area contributed by atoms with Crippen LogP contribution in [0.1, 0.15) is 18.9 Å². The van der Waals surface area contributed by atoms with Gasteiger partial charge >= 0.3 is 6.18 Å². The number of terminal acetylenes is 1. The number of rotatable bonds is 5. The SMILES string of the molecule is C#CCN(c1ccc(C(F)(F)F)cn1)C(CC)C(=O)NC. The Kier molecular flexibility index (Phi) is 5.59. The Morgan fingerprint density at radius 1 is 1.52 bits per heavy atom. The van der Waals surface area contributed by atoms with Crippen LogP contribution in [0.4, 0.5) is 19.0 Å². The van der Waals surface area contributed by atoms with Gasteiger partial charge in [0.15, 0.2) is 0 Å². The molecule has 114 valence electrons. The van der Waals surface area contributed by atoms with E-state index in [-0.39, 0.29) is 18.3 Å². The van der Waals surface area contributed by atoms with Crippen molar-refractivity contribution in [3.63, 3.8) is 0 Å². The Balaban J connectivity index is 3.11. The molecule has 0 saturated carbocycles. The minimum atomic E-state index is -4.45. The summed E-state index contributed by atoms with van der Waals surface area (Å²) in [6, 6.07) is 1.55. The topological polar surface area (TPSA) is 45.2 Å². The molecule has 1 rings (SSSR count). The van der Waals surface area contributed by atoms with E-state index in [0.717, 1.165) is 12.3 Å². The molecule has 7 heteroatoms. The molecule has 0 radical (unpaired) electrons. The highest BCUT2D eigenvalue weighted by atomic mass is 19.4. The maximum absolute atomic E-state index is 12.5. The van der Waals surface area contributed by atoms with Crippen LogP contribution < -0.4 is 10.2 Å². The Morgan fingerprint density at radius 2 is 2.19 bits per heavy atom. The van der Waals surface area contributed by atoms with Gasteiger partial charge in [-0.2, -0.15) is 13.2 Å². The van der Waals surface area contributed by atoms with E-state index in [1.807, 2.05) is 0 Å². The Bertz CT molecular complexity index is 520. The first-order valence-electron chi connectivity index (χ1n) is 6.30. The van der Waals surface area contributed by atoms with Gasteiger partial charge in [-0.3, -0.25) is 4.79 Å². The summed E-state index contributed by atoms with van der Waals surface area (Å²) in [5, 5.41) is 2.50. The maximum atomic E-state index is 12.5. The molecule has 4 nitrogen and oxygen atoms in total. The van der Waals surface area contributed by atoms with Gasteiger partial charge in [-0.25, -0.2) is 4.98 Å². The third-order valence-electron chi connectivity index (χ3n) is 2.94. The van der Waals surface area contributed by atoms with Crippen LogP contribution in [0.25, 0.3) is 0 Å². The third kappa shape index (κ3) is 4.12. The van der Waals surface area contributed by atoms with Gasteiger partial charge in [-0.15, -0.1) is 6.42 Å². The summed E-state index contributed by atoms with van der Waals surface area (Å²) in [4.78, 5) is 17.1.